The van der Waals surface area contributed by atoms with E-state index in [0.29, 0.717) is 21.6 Å². The molecule has 5 nitrogen and oxygen atoms in total. The lowest BCUT2D eigenvalue weighted by Gasteiger charge is -2.10. The zero-order valence-corrected chi connectivity index (χ0v) is 18.3. The molecule has 0 bridgehead atoms. The van der Waals surface area contributed by atoms with Gasteiger partial charge < -0.3 is 4.98 Å². The minimum Gasteiger partial charge on any atom is -0.309 e. The molecule has 10 heteroatoms. The van der Waals surface area contributed by atoms with Crippen LogP contribution in [0, 0.1) is 0 Å². The summed E-state index contributed by atoms with van der Waals surface area (Å²) in [5.74, 6) is 0.553. The van der Waals surface area contributed by atoms with E-state index in [1.807, 2.05) is 0 Å². The fourth-order valence-electron chi connectivity index (χ4n) is 3.80. The van der Waals surface area contributed by atoms with Crippen LogP contribution in [0.4, 0.5) is 13.2 Å². The Bertz CT molecular complexity index is 1350. The molecule has 1 aromatic carbocycles. The topological polar surface area (TPSA) is 71.5 Å². The zero-order chi connectivity index (χ0) is 22.3. The Hall–Kier alpha value is -2.72. The van der Waals surface area contributed by atoms with E-state index in [1.54, 1.807) is 30.3 Å². The highest BCUT2D eigenvalue weighted by molar-refractivity contribution is 7.98. The van der Waals surface area contributed by atoms with Gasteiger partial charge in [0.25, 0.3) is 5.56 Å². The van der Waals surface area contributed by atoms with Crippen molar-refractivity contribution in [1.29, 1.82) is 0 Å². The number of alkyl halides is 3. The van der Waals surface area contributed by atoms with Crippen LogP contribution in [0.25, 0.3) is 21.5 Å². The van der Waals surface area contributed by atoms with E-state index in [2.05, 4.69) is 19.9 Å². The Morgan fingerprint density at radius 2 is 1.84 bits per heavy atom. The van der Waals surface area contributed by atoms with Gasteiger partial charge in [-0.1, -0.05) is 42.1 Å². The number of nitrogens with one attached hydrogen (secondary N) is 1. The van der Waals surface area contributed by atoms with Crippen molar-refractivity contribution in [2.75, 3.05) is 0 Å². The first-order chi connectivity index (χ1) is 15.4. The maximum Gasteiger partial charge on any atom is 0.433 e. The summed E-state index contributed by atoms with van der Waals surface area (Å²) in [4.78, 5) is 29.9. The maximum atomic E-state index is 13.4. The van der Waals surface area contributed by atoms with E-state index in [1.165, 1.54) is 16.2 Å². The molecule has 32 heavy (non-hydrogen) atoms. The lowest BCUT2D eigenvalue weighted by atomic mass is 9.97. The minimum atomic E-state index is -4.59. The third-order valence-corrected chi connectivity index (χ3v) is 7.32. The van der Waals surface area contributed by atoms with Crippen molar-refractivity contribution in [3.05, 3.63) is 68.7 Å². The van der Waals surface area contributed by atoms with Gasteiger partial charge in [0.2, 0.25) is 0 Å². The van der Waals surface area contributed by atoms with Gasteiger partial charge >= 0.3 is 6.18 Å². The smallest absolute Gasteiger partial charge is 0.309 e. The highest BCUT2D eigenvalue weighted by Crippen LogP contribution is 2.35. The third-order valence-electron chi connectivity index (χ3n) is 5.28. The first-order valence-corrected chi connectivity index (χ1v) is 11.9. The summed E-state index contributed by atoms with van der Waals surface area (Å²) in [6.45, 7) is 0. The Balaban J connectivity index is 1.46. The van der Waals surface area contributed by atoms with Crippen LogP contribution in [0.3, 0.4) is 0 Å². The summed E-state index contributed by atoms with van der Waals surface area (Å²) in [5.41, 5.74) is 0.659. The number of H-pyrrole nitrogens is 1. The van der Waals surface area contributed by atoms with Gasteiger partial charge in [-0.2, -0.15) is 13.2 Å². The zero-order valence-electron chi connectivity index (χ0n) is 16.7. The molecule has 0 atom stereocenters. The van der Waals surface area contributed by atoms with Crippen LogP contribution < -0.4 is 5.56 Å². The van der Waals surface area contributed by atoms with Crippen LogP contribution in [0.1, 0.15) is 34.8 Å². The van der Waals surface area contributed by atoms with Crippen LogP contribution in [0.5, 0.6) is 0 Å². The standard InChI is InChI=1S/C22H17F3N4OS2/c23-22(24,25)16-10-14(12-6-2-1-3-7-12)26-21(27-16)31-11-17-28-19(30)18-13-8-4-5-9-15(13)32-20(18)29-17/h1-3,6-7,10H,4-5,8-9,11H2,(H,28,29,30). The van der Waals surface area contributed by atoms with E-state index < -0.39 is 11.9 Å². The van der Waals surface area contributed by atoms with Gasteiger partial charge in [-0.15, -0.1) is 11.3 Å². The molecular formula is C22H17F3N4OS2. The highest BCUT2D eigenvalue weighted by Gasteiger charge is 2.34. The second kappa shape index (κ2) is 8.32. The van der Waals surface area contributed by atoms with Crippen LogP contribution in [0.15, 0.2) is 46.3 Å². The first-order valence-electron chi connectivity index (χ1n) is 10.1. The molecule has 0 fully saturated rings. The van der Waals surface area contributed by atoms with Gasteiger partial charge in [0.15, 0.2) is 5.16 Å². The lowest BCUT2D eigenvalue weighted by molar-refractivity contribution is -0.141. The molecule has 0 saturated heterocycles. The normalized spacial score (nSPS) is 14.0. The van der Waals surface area contributed by atoms with Crippen LogP contribution >= 0.6 is 23.1 Å². The lowest BCUT2D eigenvalue weighted by Crippen LogP contribution is -2.13. The van der Waals surface area contributed by atoms with Crippen LogP contribution in [-0.2, 0) is 24.8 Å². The number of hydrogen-bond donors (Lipinski definition) is 1. The molecule has 164 valence electrons. The van der Waals surface area contributed by atoms with Crippen molar-refractivity contribution in [1.82, 2.24) is 19.9 Å². The number of halogens is 3. The van der Waals surface area contributed by atoms with Crippen molar-refractivity contribution in [2.45, 2.75) is 42.8 Å². The number of thioether (sulfide) groups is 1. The number of aromatic amines is 1. The molecule has 0 spiro atoms. The number of fused-ring (bicyclic) bond motifs is 3. The number of nitrogens with zero attached hydrogens (tertiary/aromatic N) is 3. The van der Waals surface area contributed by atoms with E-state index in [9.17, 15) is 18.0 Å². The van der Waals surface area contributed by atoms with Gasteiger partial charge in [0, 0.05) is 10.4 Å². The van der Waals surface area contributed by atoms with Gasteiger partial charge in [-0.25, -0.2) is 15.0 Å². The SMILES string of the molecule is O=c1[nH]c(CSc2nc(-c3ccccc3)cc(C(F)(F)F)n2)nc2sc3c(c12)CCCC3. The summed E-state index contributed by atoms with van der Waals surface area (Å²) in [6.07, 6.45) is -0.582. The van der Waals surface area contributed by atoms with Crippen LogP contribution in [-0.4, -0.2) is 19.9 Å². The second-order valence-corrected chi connectivity index (χ2v) is 9.50. The Morgan fingerprint density at radius 1 is 1.06 bits per heavy atom. The number of aryl methyl sites for hydroxylation is 2. The van der Waals surface area contributed by atoms with Crippen LogP contribution in [0.2, 0.25) is 0 Å². The number of aromatic nitrogens is 4. The van der Waals surface area contributed by atoms with Gasteiger partial charge in [0.05, 0.1) is 16.8 Å². The maximum absolute atomic E-state index is 13.4. The van der Waals surface area contributed by atoms with Crippen molar-refractivity contribution in [3.8, 4) is 11.3 Å². The first kappa shape index (κ1) is 21.1. The van der Waals surface area contributed by atoms with Crippen molar-refractivity contribution in [3.63, 3.8) is 0 Å². The average Bonchev–Trinajstić information content (AvgIpc) is 3.16. The molecule has 0 aliphatic heterocycles. The van der Waals surface area contributed by atoms with Crippen molar-refractivity contribution < 1.29 is 13.2 Å². The number of benzene rings is 1. The molecule has 1 aliphatic rings. The largest absolute Gasteiger partial charge is 0.433 e. The summed E-state index contributed by atoms with van der Waals surface area (Å²) in [6, 6.07) is 9.60. The van der Waals surface area contributed by atoms with E-state index in [-0.39, 0.29) is 22.2 Å². The Kier molecular flexibility index (Phi) is 5.50. The average molecular weight is 475 g/mol. The predicted molar refractivity (Wildman–Crippen MR) is 119 cm³/mol. The number of hydrogen-bond acceptors (Lipinski definition) is 6. The van der Waals surface area contributed by atoms with E-state index in [4.69, 9.17) is 0 Å². The van der Waals surface area contributed by atoms with Gasteiger partial charge in [0.1, 0.15) is 16.3 Å². The molecule has 3 heterocycles. The monoisotopic (exact) mass is 474 g/mol. The molecular weight excluding hydrogens is 457 g/mol. The van der Waals surface area contributed by atoms with Crippen molar-refractivity contribution >= 4 is 33.3 Å². The van der Waals surface area contributed by atoms with E-state index >= 15 is 0 Å². The number of thiophene rings is 1. The fraction of sp³-hybridized carbons (Fsp3) is 0.273. The molecule has 4 aromatic rings. The molecule has 3 aromatic heterocycles. The predicted octanol–water partition coefficient (Wildman–Crippen LogP) is 5.63. The summed E-state index contributed by atoms with van der Waals surface area (Å²) >= 11 is 2.55. The molecule has 0 unspecified atom stereocenters. The summed E-state index contributed by atoms with van der Waals surface area (Å²) < 4.78 is 40.2. The molecule has 0 radical (unpaired) electrons. The van der Waals surface area contributed by atoms with E-state index in [0.717, 1.165) is 49.1 Å². The summed E-state index contributed by atoms with van der Waals surface area (Å²) in [5, 5.41) is 0.632. The molecule has 1 aliphatic carbocycles. The van der Waals surface area contributed by atoms with Gasteiger partial charge in [-0.3, -0.25) is 4.79 Å². The molecule has 0 saturated carbocycles. The Labute approximate surface area is 189 Å². The minimum absolute atomic E-state index is 0.0214. The molecule has 0 amide bonds. The van der Waals surface area contributed by atoms with Crippen molar-refractivity contribution in [2.24, 2.45) is 0 Å². The quantitative estimate of drug-likeness (QED) is 0.307. The Morgan fingerprint density at radius 3 is 2.62 bits per heavy atom. The fourth-order valence-corrected chi connectivity index (χ4v) is 5.81. The van der Waals surface area contributed by atoms with Gasteiger partial charge in [-0.05, 0) is 37.3 Å². The summed E-state index contributed by atoms with van der Waals surface area (Å²) in [7, 11) is 0. The number of rotatable bonds is 4. The third kappa shape index (κ3) is 4.16. The molecule has 5 rings (SSSR count). The molecule has 1 N–H and O–H groups in total. The highest BCUT2D eigenvalue weighted by atomic mass is 32.2. The second-order valence-electron chi connectivity index (χ2n) is 7.48.